The average Bonchev–Trinajstić information content (AvgIpc) is 2.47. The molecule has 0 saturated carbocycles. The normalized spacial score (nSPS) is 10.4. The zero-order valence-corrected chi connectivity index (χ0v) is 13.2. The van der Waals surface area contributed by atoms with E-state index in [1.807, 2.05) is 24.3 Å². The van der Waals surface area contributed by atoms with Crippen molar-refractivity contribution in [3.8, 4) is 0 Å². The summed E-state index contributed by atoms with van der Waals surface area (Å²) in [4.78, 5) is 12.0. The molecular formula is C17H20N2OS. The van der Waals surface area contributed by atoms with Gasteiger partial charge in [-0.25, -0.2) is 0 Å². The third kappa shape index (κ3) is 4.26. The lowest BCUT2D eigenvalue weighted by Gasteiger charge is -2.13. The summed E-state index contributed by atoms with van der Waals surface area (Å²) < 4.78 is 0. The van der Waals surface area contributed by atoms with Crippen molar-refractivity contribution in [1.29, 1.82) is 0 Å². The zero-order valence-electron chi connectivity index (χ0n) is 12.3. The van der Waals surface area contributed by atoms with E-state index in [1.165, 1.54) is 28.5 Å². The molecule has 0 radical (unpaired) electrons. The van der Waals surface area contributed by atoms with Crippen LogP contribution >= 0.6 is 11.8 Å². The van der Waals surface area contributed by atoms with Crippen LogP contribution in [0.2, 0.25) is 0 Å². The van der Waals surface area contributed by atoms with Crippen LogP contribution < -0.4 is 11.1 Å². The molecule has 0 heterocycles. The highest BCUT2D eigenvalue weighted by molar-refractivity contribution is 8.00. The molecule has 0 atom stereocenters. The minimum atomic E-state index is -0.302. The molecule has 0 saturated heterocycles. The second kappa shape index (κ2) is 7.18. The molecule has 0 unspecified atom stereocenters. The van der Waals surface area contributed by atoms with Gasteiger partial charge in [0.15, 0.2) is 0 Å². The highest BCUT2D eigenvalue weighted by Gasteiger charge is 2.05. The Kier molecular flexibility index (Phi) is 5.28. The van der Waals surface area contributed by atoms with Crippen molar-refractivity contribution < 1.29 is 4.79 Å². The first-order chi connectivity index (χ1) is 10.1. The number of anilines is 1. The molecule has 2 aromatic rings. The molecule has 3 nitrogen and oxygen atoms in total. The van der Waals surface area contributed by atoms with Crippen molar-refractivity contribution in [2.45, 2.75) is 25.3 Å². The predicted octanol–water partition coefficient (Wildman–Crippen LogP) is 3.49. The second-order valence-corrected chi connectivity index (χ2v) is 5.98. The van der Waals surface area contributed by atoms with Gasteiger partial charge in [-0.2, -0.15) is 0 Å². The number of nitrogens with two attached hydrogens (primary N) is 1. The highest BCUT2D eigenvalue weighted by atomic mass is 32.2. The standard InChI is InChI=1S/C17H20N2OS/c1-12-6-5-7-14(13(12)2)10-19-15-8-3-4-9-16(15)21-11-17(18)20/h3-9,19H,10-11H2,1-2H3,(H2,18,20). The van der Waals surface area contributed by atoms with Gasteiger partial charge in [0, 0.05) is 17.1 Å². The topological polar surface area (TPSA) is 55.1 Å². The van der Waals surface area contributed by atoms with Crippen LogP contribution in [0.15, 0.2) is 47.4 Å². The molecule has 0 aliphatic heterocycles. The molecule has 0 spiro atoms. The molecule has 0 aliphatic rings. The number of aryl methyl sites for hydroxylation is 1. The first kappa shape index (κ1) is 15.4. The summed E-state index contributed by atoms with van der Waals surface area (Å²) in [6.07, 6.45) is 0. The monoisotopic (exact) mass is 300 g/mol. The summed E-state index contributed by atoms with van der Waals surface area (Å²) in [5.74, 6) is -0.00773. The second-order valence-electron chi connectivity index (χ2n) is 4.96. The Hall–Kier alpha value is -1.94. The third-order valence-electron chi connectivity index (χ3n) is 3.44. The van der Waals surface area contributed by atoms with Crippen LogP contribution in [0.25, 0.3) is 0 Å². The Labute approximate surface area is 129 Å². The minimum absolute atomic E-state index is 0.294. The third-order valence-corrected chi connectivity index (χ3v) is 4.54. The summed E-state index contributed by atoms with van der Waals surface area (Å²) in [6, 6.07) is 14.3. The largest absolute Gasteiger partial charge is 0.380 e. The summed E-state index contributed by atoms with van der Waals surface area (Å²) >= 11 is 1.46. The molecule has 0 fully saturated rings. The number of carbonyl (C=O) groups excluding carboxylic acids is 1. The van der Waals surface area contributed by atoms with Crippen LogP contribution in [0.4, 0.5) is 5.69 Å². The molecule has 0 aliphatic carbocycles. The van der Waals surface area contributed by atoms with E-state index in [2.05, 4.69) is 37.4 Å². The highest BCUT2D eigenvalue weighted by Crippen LogP contribution is 2.27. The number of para-hydroxylation sites is 1. The summed E-state index contributed by atoms with van der Waals surface area (Å²) in [7, 11) is 0. The van der Waals surface area contributed by atoms with Crippen molar-refractivity contribution in [3.63, 3.8) is 0 Å². The number of thioether (sulfide) groups is 1. The van der Waals surface area contributed by atoms with Gasteiger partial charge in [0.05, 0.1) is 5.75 Å². The van der Waals surface area contributed by atoms with Gasteiger partial charge in [-0.3, -0.25) is 4.79 Å². The number of hydrogen-bond acceptors (Lipinski definition) is 3. The van der Waals surface area contributed by atoms with Gasteiger partial charge in [-0.05, 0) is 42.7 Å². The smallest absolute Gasteiger partial charge is 0.227 e. The quantitative estimate of drug-likeness (QED) is 0.803. The molecular weight excluding hydrogens is 280 g/mol. The van der Waals surface area contributed by atoms with Crippen molar-refractivity contribution in [3.05, 3.63) is 59.2 Å². The summed E-state index contributed by atoms with van der Waals surface area (Å²) in [5.41, 5.74) is 10.1. The number of rotatable bonds is 6. The van der Waals surface area contributed by atoms with Gasteiger partial charge in [-0.15, -0.1) is 11.8 Å². The zero-order chi connectivity index (χ0) is 15.2. The maximum absolute atomic E-state index is 10.9. The maximum atomic E-state index is 10.9. The van der Waals surface area contributed by atoms with E-state index < -0.39 is 0 Å². The Morgan fingerprint density at radius 1 is 1.14 bits per heavy atom. The number of benzene rings is 2. The molecule has 110 valence electrons. The van der Waals surface area contributed by atoms with Crippen molar-refractivity contribution in [2.75, 3.05) is 11.1 Å². The van der Waals surface area contributed by atoms with Gasteiger partial charge in [0.1, 0.15) is 0 Å². The van der Waals surface area contributed by atoms with Gasteiger partial charge in [0.25, 0.3) is 0 Å². The Morgan fingerprint density at radius 3 is 2.67 bits per heavy atom. The van der Waals surface area contributed by atoms with E-state index in [0.29, 0.717) is 5.75 Å². The fourth-order valence-corrected chi connectivity index (χ4v) is 2.85. The summed E-state index contributed by atoms with van der Waals surface area (Å²) in [6.45, 7) is 5.03. The predicted molar refractivity (Wildman–Crippen MR) is 89.6 cm³/mol. The lowest BCUT2D eigenvalue weighted by atomic mass is 10.0. The number of hydrogen-bond donors (Lipinski definition) is 2. The van der Waals surface area contributed by atoms with Crippen LogP contribution in [-0.2, 0) is 11.3 Å². The number of amides is 1. The molecule has 0 aromatic heterocycles. The van der Waals surface area contributed by atoms with Gasteiger partial charge in [-0.1, -0.05) is 30.3 Å². The Bertz CT molecular complexity index is 640. The van der Waals surface area contributed by atoms with Crippen LogP contribution in [0.3, 0.4) is 0 Å². The van der Waals surface area contributed by atoms with Gasteiger partial charge >= 0.3 is 0 Å². The molecule has 21 heavy (non-hydrogen) atoms. The fraction of sp³-hybridized carbons (Fsp3) is 0.235. The van der Waals surface area contributed by atoms with Crippen molar-refractivity contribution in [2.24, 2.45) is 5.73 Å². The minimum Gasteiger partial charge on any atom is -0.380 e. The first-order valence-electron chi connectivity index (χ1n) is 6.87. The SMILES string of the molecule is Cc1cccc(CNc2ccccc2SCC(N)=O)c1C. The van der Waals surface area contributed by atoms with Crippen LogP contribution in [0.1, 0.15) is 16.7 Å². The molecule has 4 heteroatoms. The maximum Gasteiger partial charge on any atom is 0.227 e. The van der Waals surface area contributed by atoms with E-state index in [0.717, 1.165) is 17.1 Å². The van der Waals surface area contributed by atoms with Crippen molar-refractivity contribution in [1.82, 2.24) is 0 Å². The number of carbonyl (C=O) groups is 1. The van der Waals surface area contributed by atoms with E-state index in [1.54, 1.807) is 0 Å². The van der Waals surface area contributed by atoms with E-state index >= 15 is 0 Å². The summed E-state index contributed by atoms with van der Waals surface area (Å²) in [5, 5.41) is 3.45. The van der Waals surface area contributed by atoms with E-state index in [-0.39, 0.29) is 5.91 Å². The van der Waals surface area contributed by atoms with Crippen molar-refractivity contribution >= 4 is 23.4 Å². The lowest BCUT2D eigenvalue weighted by molar-refractivity contribution is -0.115. The fourth-order valence-electron chi connectivity index (χ4n) is 2.08. The van der Waals surface area contributed by atoms with Gasteiger partial charge < -0.3 is 11.1 Å². The molecule has 0 bridgehead atoms. The number of primary amides is 1. The van der Waals surface area contributed by atoms with E-state index in [4.69, 9.17) is 5.73 Å². The molecule has 1 amide bonds. The molecule has 3 N–H and O–H groups in total. The molecule has 2 rings (SSSR count). The Morgan fingerprint density at radius 2 is 1.90 bits per heavy atom. The van der Waals surface area contributed by atoms with Crippen LogP contribution in [-0.4, -0.2) is 11.7 Å². The van der Waals surface area contributed by atoms with Gasteiger partial charge in [0.2, 0.25) is 5.91 Å². The average molecular weight is 300 g/mol. The van der Waals surface area contributed by atoms with Crippen LogP contribution in [0, 0.1) is 13.8 Å². The Balaban J connectivity index is 2.09. The van der Waals surface area contributed by atoms with E-state index in [9.17, 15) is 4.79 Å². The number of nitrogens with one attached hydrogen (secondary N) is 1. The molecule has 2 aromatic carbocycles. The van der Waals surface area contributed by atoms with Crippen LogP contribution in [0.5, 0.6) is 0 Å². The first-order valence-corrected chi connectivity index (χ1v) is 7.85. The lowest BCUT2D eigenvalue weighted by Crippen LogP contribution is -2.13.